The summed E-state index contributed by atoms with van der Waals surface area (Å²) in [6.45, 7) is 3.76. The fraction of sp³-hybridized carbons (Fsp3) is 0.214. The molecule has 2 nitrogen and oxygen atoms in total. The molecule has 0 fully saturated rings. The highest BCUT2D eigenvalue weighted by atomic mass is 19.1. The van der Waals surface area contributed by atoms with Crippen LogP contribution in [0, 0.1) is 19.7 Å². The summed E-state index contributed by atoms with van der Waals surface area (Å²) >= 11 is 0. The predicted molar refractivity (Wildman–Crippen MR) is 66.1 cm³/mol. The van der Waals surface area contributed by atoms with Crippen LogP contribution in [0.2, 0.25) is 0 Å². The Labute approximate surface area is 100 Å². The van der Waals surface area contributed by atoms with E-state index in [1.54, 1.807) is 6.20 Å². The number of hydrogen-bond acceptors (Lipinski definition) is 2. The van der Waals surface area contributed by atoms with E-state index in [-0.39, 0.29) is 11.9 Å². The lowest BCUT2D eigenvalue weighted by Crippen LogP contribution is -2.14. The highest BCUT2D eigenvalue weighted by Crippen LogP contribution is 2.22. The summed E-state index contributed by atoms with van der Waals surface area (Å²) in [4.78, 5) is 4.20. The van der Waals surface area contributed by atoms with Gasteiger partial charge in [-0.2, -0.15) is 0 Å². The van der Waals surface area contributed by atoms with Crippen LogP contribution >= 0.6 is 0 Å². The predicted octanol–water partition coefficient (Wildman–Crippen LogP) is 2.89. The molecular weight excluding hydrogens is 215 g/mol. The van der Waals surface area contributed by atoms with Crippen molar-refractivity contribution < 1.29 is 4.39 Å². The first-order valence-electron chi connectivity index (χ1n) is 5.52. The van der Waals surface area contributed by atoms with Gasteiger partial charge in [-0.3, -0.25) is 4.98 Å². The molecule has 3 heteroatoms. The van der Waals surface area contributed by atoms with Gasteiger partial charge in [0, 0.05) is 11.9 Å². The van der Waals surface area contributed by atoms with Gasteiger partial charge >= 0.3 is 0 Å². The molecule has 2 aromatic rings. The van der Waals surface area contributed by atoms with Gasteiger partial charge in [0.1, 0.15) is 5.82 Å². The van der Waals surface area contributed by atoms with Gasteiger partial charge in [0.05, 0.1) is 6.04 Å². The van der Waals surface area contributed by atoms with Gasteiger partial charge in [-0.1, -0.05) is 12.1 Å². The zero-order valence-corrected chi connectivity index (χ0v) is 9.94. The van der Waals surface area contributed by atoms with Crippen LogP contribution in [0.5, 0.6) is 0 Å². The SMILES string of the molecule is Cc1cc(F)cc(C(N)c2cccnc2C)c1. The molecule has 1 unspecified atom stereocenters. The molecule has 2 rings (SSSR count). The Balaban J connectivity index is 2.43. The third-order valence-electron chi connectivity index (χ3n) is 2.81. The number of aryl methyl sites for hydroxylation is 2. The fourth-order valence-corrected chi connectivity index (χ4v) is 1.95. The number of nitrogens with zero attached hydrogens (tertiary/aromatic N) is 1. The summed E-state index contributed by atoms with van der Waals surface area (Å²) in [6, 6.07) is 8.30. The Morgan fingerprint density at radius 1 is 1.24 bits per heavy atom. The monoisotopic (exact) mass is 230 g/mol. The van der Waals surface area contributed by atoms with Gasteiger partial charge in [0.2, 0.25) is 0 Å². The van der Waals surface area contributed by atoms with Crippen LogP contribution in [0.1, 0.15) is 28.4 Å². The van der Waals surface area contributed by atoms with Crippen molar-refractivity contribution in [3.05, 3.63) is 64.7 Å². The van der Waals surface area contributed by atoms with Gasteiger partial charge in [-0.25, -0.2) is 4.39 Å². The third-order valence-corrected chi connectivity index (χ3v) is 2.81. The summed E-state index contributed by atoms with van der Waals surface area (Å²) in [5.74, 6) is -0.253. The molecule has 0 amide bonds. The smallest absolute Gasteiger partial charge is 0.123 e. The van der Waals surface area contributed by atoms with Gasteiger partial charge in [0.25, 0.3) is 0 Å². The van der Waals surface area contributed by atoms with E-state index < -0.39 is 0 Å². The number of nitrogens with two attached hydrogens (primary N) is 1. The molecule has 1 atom stereocenters. The highest BCUT2D eigenvalue weighted by Gasteiger charge is 2.12. The van der Waals surface area contributed by atoms with Crippen LogP contribution in [0.4, 0.5) is 4.39 Å². The van der Waals surface area contributed by atoms with Crippen molar-refractivity contribution in [2.75, 3.05) is 0 Å². The molecule has 0 aliphatic carbocycles. The number of pyridine rings is 1. The maximum absolute atomic E-state index is 13.3. The van der Waals surface area contributed by atoms with Crippen molar-refractivity contribution in [2.24, 2.45) is 5.73 Å². The molecule has 1 aromatic heterocycles. The normalized spacial score (nSPS) is 12.5. The first-order valence-corrected chi connectivity index (χ1v) is 5.52. The lowest BCUT2D eigenvalue weighted by molar-refractivity contribution is 0.622. The molecule has 2 N–H and O–H groups in total. The summed E-state index contributed by atoms with van der Waals surface area (Å²) in [5.41, 5.74) is 9.60. The number of halogens is 1. The van der Waals surface area contributed by atoms with Crippen LogP contribution in [0.3, 0.4) is 0 Å². The summed E-state index contributed by atoms with van der Waals surface area (Å²) in [7, 11) is 0. The topological polar surface area (TPSA) is 38.9 Å². The molecule has 17 heavy (non-hydrogen) atoms. The molecule has 0 radical (unpaired) electrons. The van der Waals surface area contributed by atoms with Crippen LogP contribution < -0.4 is 5.73 Å². The molecule has 88 valence electrons. The lowest BCUT2D eigenvalue weighted by atomic mass is 9.97. The first kappa shape index (κ1) is 11.7. The molecular formula is C14H15FN2. The standard InChI is InChI=1S/C14H15FN2/c1-9-6-11(8-12(15)7-9)14(16)13-4-3-5-17-10(13)2/h3-8,14H,16H2,1-2H3. The fourth-order valence-electron chi connectivity index (χ4n) is 1.95. The van der Waals surface area contributed by atoms with Crippen molar-refractivity contribution >= 4 is 0 Å². The van der Waals surface area contributed by atoms with Crippen LogP contribution in [-0.2, 0) is 0 Å². The molecule has 1 aromatic carbocycles. The summed E-state index contributed by atoms with van der Waals surface area (Å²) < 4.78 is 13.3. The van der Waals surface area contributed by atoms with Gasteiger partial charge in [-0.05, 0) is 48.7 Å². The molecule has 0 saturated heterocycles. The zero-order valence-electron chi connectivity index (χ0n) is 9.94. The van der Waals surface area contributed by atoms with Crippen molar-refractivity contribution in [1.29, 1.82) is 0 Å². The van der Waals surface area contributed by atoms with E-state index in [9.17, 15) is 4.39 Å². The van der Waals surface area contributed by atoms with E-state index in [2.05, 4.69) is 4.98 Å². The molecule has 0 aliphatic rings. The largest absolute Gasteiger partial charge is 0.320 e. The second-order valence-electron chi connectivity index (χ2n) is 4.22. The molecule has 1 heterocycles. The van der Waals surface area contributed by atoms with E-state index in [0.29, 0.717) is 0 Å². The minimum Gasteiger partial charge on any atom is -0.320 e. The van der Waals surface area contributed by atoms with Crippen LogP contribution in [0.25, 0.3) is 0 Å². The van der Waals surface area contributed by atoms with E-state index in [0.717, 1.165) is 22.4 Å². The Bertz CT molecular complexity index is 517. The highest BCUT2D eigenvalue weighted by molar-refractivity contribution is 5.35. The van der Waals surface area contributed by atoms with Gasteiger partial charge in [-0.15, -0.1) is 0 Å². The Kier molecular flexibility index (Phi) is 3.20. The molecule has 0 aliphatic heterocycles. The van der Waals surface area contributed by atoms with Crippen LogP contribution in [0.15, 0.2) is 36.5 Å². The molecule has 0 saturated carbocycles. The minimum atomic E-state index is -0.335. The van der Waals surface area contributed by atoms with E-state index in [4.69, 9.17) is 5.73 Å². The second kappa shape index (κ2) is 4.63. The van der Waals surface area contributed by atoms with E-state index in [1.807, 2.05) is 32.0 Å². The van der Waals surface area contributed by atoms with Crippen LogP contribution in [-0.4, -0.2) is 4.98 Å². The molecule has 0 bridgehead atoms. The van der Waals surface area contributed by atoms with E-state index in [1.165, 1.54) is 12.1 Å². The average molecular weight is 230 g/mol. The van der Waals surface area contributed by atoms with Gasteiger partial charge in [0.15, 0.2) is 0 Å². The minimum absolute atomic E-state index is 0.253. The lowest BCUT2D eigenvalue weighted by Gasteiger charge is -2.15. The van der Waals surface area contributed by atoms with Gasteiger partial charge < -0.3 is 5.73 Å². The number of aromatic nitrogens is 1. The number of hydrogen-bond donors (Lipinski definition) is 1. The quantitative estimate of drug-likeness (QED) is 0.861. The first-order chi connectivity index (χ1) is 8.08. The number of benzene rings is 1. The maximum atomic E-state index is 13.3. The number of rotatable bonds is 2. The van der Waals surface area contributed by atoms with Crippen molar-refractivity contribution in [3.63, 3.8) is 0 Å². The summed E-state index contributed by atoms with van der Waals surface area (Å²) in [6.07, 6.45) is 1.72. The van der Waals surface area contributed by atoms with Crippen molar-refractivity contribution in [3.8, 4) is 0 Å². The van der Waals surface area contributed by atoms with E-state index >= 15 is 0 Å². The third kappa shape index (κ3) is 2.50. The molecule has 0 spiro atoms. The Morgan fingerprint density at radius 3 is 2.65 bits per heavy atom. The zero-order chi connectivity index (χ0) is 12.4. The van der Waals surface area contributed by atoms with Crippen molar-refractivity contribution in [1.82, 2.24) is 4.98 Å². The Hall–Kier alpha value is -1.74. The van der Waals surface area contributed by atoms with Crippen molar-refractivity contribution in [2.45, 2.75) is 19.9 Å². The maximum Gasteiger partial charge on any atom is 0.123 e. The second-order valence-corrected chi connectivity index (χ2v) is 4.22. The average Bonchev–Trinajstić information content (AvgIpc) is 2.27. The Morgan fingerprint density at radius 2 is 2.00 bits per heavy atom. The summed E-state index contributed by atoms with van der Waals surface area (Å²) in [5, 5.41) is 0.